The van der Waals surface area contributed by atoms with Crippen LogP contribution in [0.3, 0.4) is 0 Å². The van der Waals surface area contributed by atoms with Crippen molar-refractivity contribution in [2.75, 3.05) is 18.4 Å². The summed E-state index contributed by atoms with van der Waals surface area (Å²) in [5, 5.41) is 17.0. The number of rotatable bonds is 8. The van der Waals surface area contributed by atoms with Crippen LogP contribution < -0.4 is 15.8 Å². The molecule has 5 rings (SSSR count). The molecular weight excluding hydrogens is 456 g/mol. The zero-order valence-corrected chi connectivity index (χ0v) is 21.0. The molecule has 0 bridgehead atoms. The molecule has 1 saturated heterocycles. The van der Waals surface area contributed by atoms with E-state index in [1.807, 2.05) is 12.1 Å². The number of hydrogen-bond acceptors (Lipinski definition) is 6. The number of aryl methyl sites for hydroxylation is 1. The summed E-state index contributed by atoms with van der Waals surface area (Å²) < 4.78 is 7.99. The Morgan fingerprint density at radius 1 is 1.19 bits per heavy atom. The normalized spacial score (nSPS) is 25.4. The van der Waals surface area contributed by atoms with Gasteiger partial charge in [0, 0.05) is 31.2 Å². The number of aromatic nitrogens is 2. The summed E-state index contributed by atoms with van der Waals surface area (Å²) in [6.45, 7) is 5.94. The predicted molar refractivity (Wildman–Crippen MR) is 134 cm³/mol. The number of nitriles is 1. The Morgan fingerprint density at radius 2 is 1.86 bits per heavy atom. The standard InChI is InChI=1S/C27H34N6O3/c1-18-3-7-21(8-4-18)36-26(2)16-32(17-26)20-9-11-27(12-10-20,13-14-28)33-15-22(23(29)34)24(31-33)30-25(35)19-5-6-19/h3-4,7-8,15,19-20H,5-6,9-13,16-17H2,1-2H3,(H2,29,34)(H,30,31,35)/t20-,27-. The van der Waals surface area contributed by atoms with E-state index in [4.69, 9.17) is 10.5 Å². The third-order valence-corrected chi connectivity index (χ3v) is 7.93. The van der Waals surface area contributed by atoms with Crippen LogP contribution >= 0.6 is 0 Å². The lowest BCUT2D eigenvalue weighted by molar-refractivity contribution is -0.117. The first-order valence-corrected chi connectivity index (χ1v) is 12.8. The number of hydrogen-bond donors (Lipinski definition) is 2. The van der Waals surface area contributed by atoms with E-state index in [0.29, 0.717) is 6.04 Å². The van der Waals surface area contributed by atoms with Crippen molar-refractivity contribution in [1.29, 1.82) is 5.26 Å². The lowest BCUT2D eigenvalue weighted by Gasteiger charge is -2.53. The fourth-order valence-electron chi connectivity index (χ4n) is 5.62. The van der Waals surface area contributed by atoms with Gasteiger partial charge in [-0.3, -0.25) is 19.2 Å². The van der Waals surface area contributed by atoms with Crippen molar-refractivity contribution in [1.82, 2.24) is 14.7 Å². The Balaban J connectivity index is 1.24. The van der Waals surface area contributed by atoms with E-state index in [1.54, 1.807) is 10.9 Å². The molecule has 1 aromatic carbocycles. The quantitative estimate of drug-likeness (QED) is 0.584. The zero-order chi connectivity index (χ0) is 25.5. The van der Waals surface area contributed by atoms with E-state index in [9.17, 15) is 14.9 Å². The Hall–Kier alpha value is -3.38. The van der Waals surface area contributed by atoms with Gasteiger partial charge in [-0.25, -0.2) is 0 Å². The summed E-state index contributed by atoms with van der Waals surface area (Å²) in [5.74, 6) is 0.311. The van der Waals surface area contributed by atoms with Crippen LogP contribution in [0.2, 0.25) is 0 Å². The lowest BCUT2D eigenvalue weighted by atomic mass is 9.76. The summed E-state index contributed by atoms with van der Waals surface area (Å²) in [4.78, 5) is 26.8. The number of likely N-dealkylation sites (tertiary alicyclic amines) is 1. The molecule has 3 fully saturated rings. The molecule has 36 heavy (non-hydrogen) atoms. The molecule has 2 heterocycles. The molecule has 2 amide bonds. The molecule has 190 valence electrons. The highest BCUT2D eigenvalue weighted by atomic mass is 16.5. The number of amides is 2. The molecule has 1 aromatic heterocycles. The summed E-state index contributed by atoms with van der Waals surface area (Å²) in [6, 6.07) is 10.9. The van der Waals surface area contributed by atoms with Gasteiger partial charge in [-0.2, -0.15) is 10.4 Å². The number of benzene rings is 1. The number of nitrogens with zero attached hydrogens (tertiary/aromatic N) is 4. The van der Waals surface area contributed by atoms with Gasteiger partial charge >= 0.3 is 0 Å². The average Bonchev–Trinajstić information content (AvgIpc) is 3.59. The summed E-state index contributed by atoms with van der Waals surface area (Å²) >= 11 is 0. The number of carbonyl (C=O) groups excluding carboxylic acids is 2. The van der Waals surface area contributed by atoms with E-state index in [-0.39, 0.29) is 35.2 Å². The summed E-state index contributed by atoms with van der Waals surface area (Å²) in [7, 11) is 0. The largest absolute Gasteiger partial charge is 0.485 e. The van der Waals surface area contributed by atoms with Gasteiger partial charge in [-0.05, 0) is 64.5 Å². The van der Waals surface area contributed by atoms with Crippen molar-refractivity contribution in [2.24, 2.45) is 11.7 Å². The second kappa shape index (κ2) is 9.25. The maximum absolute atomic E-state index is 12.3. The van der Waals surface area contributed by atoms with Crippen molar-refractivity contribution in [3.63, 3.8) is 0 Å². The summed E-state index contributed by atoms with van der Waals surface area (Å²) in [6.07, 6.45) is 6.94. The van der Waals surface area contributed by atoms with E-state index < -0.39 is 11.4 Å². The van der Waals surface area contributed by atoms with Gasteiger partial charge in [0.25, 0.3) is 5.91 Å². The molecule has 0 spiro atoms. The first kappa shape index (κ1) is 24.3. The highest BCUT2D eigenvalue weighted by Crippen LogP contribution is 2.42. The molecule has 0 unspecified atom stereocenters. The highest BCUT2D eigenvalue weighted by Gasteiger charge is 2.47. The minimum atomic E-state index is -0.637. The Morgan fingerprint density at radius 3 is 2.44 bits per heavy atom. The topological polar surface area (TPSA) is 126 Å². The van der Waals surface area contributed by atoms with Crippen molar-refractivity contribution < 1.29 is 14.3 Å². The van der Waals surface area contributed by atoms with Gasteiger partial charge in [0.15, 0.2) is 5.82 Å². The molecule has 1 aliphatic heterocycles. The smallest absolute Gasteiger partial charge is 0.254 e. The molecule has 0 atom stereocenters. The van der Waals surface area contributed by atoms with Gasteiger partial charge in [0.1, 0.15) is 16.9 Å². The first-order chi connectivity index (χ1) is 17.2. The minimum Gasteiger partial charge on any atom is -0.485 e. The van der Waals surface area contributed by atoms with Gasteiger partial charge in [0.2, 0.25) is 5.91 Å². The van der Waals surface area contributed by atoms with Crippen LogP contribution in [0.25, 0.3) is 0 Å². The molecule has 2 saturated carbocycles. The van der Waals surface area contributed by atoms with Crippen LogP contribution in [-0.4, -0.2) is 51.2 Å². The predicted octanol–water partition coefficient (Wildman–Crippen LogP) is 3.34. The fraction of sp³-hybridized carbons (Fsp3) is 0.556. The maximum atomic E-state index is 12.3. The van der Waals surface area contributed by atoms with E-state index in [0.717, 1.165) is 57.4 Å². The van der Waals surface area contributed by atoms with Gasteiger partial charge in [-0.15, -0.1) is 0 Å². The summed E-state index contributed by atoms with van der Waals surface area (Å²) in [5.41, 5.74) is 6.26. The van der Waals surface area contributed by atoms with Crippen LogP contribution in [0.15, 0.2) is 30.5 Å². The van der Waals surface area contributed by atoms with Crippen LogP contribution in [0.1, 0.15) is 67.8 Å². The van der Waals surface area contributed by atoms with Gasteiger partial charge in [-0.1, -0.05) is 17.7 Å². The molecule has 2 aliphatic carbocycles. The Labute approximate surface area is 211 Å². The third kappa shape index (κ3) is 4.82. The highest BCUT2D eigenvalue weighted by molar-refractivity contribution is 6.02. The van der Waals surface area contributed by atoms with E-state index >= 15 is 0 Å². The van der Waals surface area contributed by atoms with E-state index in [2.05, 4.69) is 47.4 Å². The maximum Gasteiger partial charge on any atom is 0.254 e. The van der Waals surface area contributed by atoms with Gasteiger partial charge in [0.05, 0.1) is 18.0 Å². The second-order valence-corrected chi connectivity index (χ2v) is 11.0. The SMILES string of the molecule is Cc1ccc(OC2(C)CN([C@H]3CC[C@](CC#N)(n4cc(C(N)=O)c(NC(=O)C5CC5)n4)CC3)C2)cc1. The number of anilines is 1. The Bertz CT molecular complexity index is 1180. The fourth-order valence-corrected chi connectivity index (χ4v) is 5.62. The van der Waals surface area contributed by atoms with Crippen molar-refractivity contribution in [3.8, 4) is 11.8 Å². The number of carbonyl (C=O) groups is 2. The number of primary amides is 1. The molecule has 3 aliphatic rings. The van der Waals surface area contributed by atoms with Crippen LogP contribution in [0.5, 0.6) is 5.75 Å². The second-order valence-electron chi connectivity index (χ2n) is 11.0. The monoisotopic (exact) mass is 490 g/mol. The minimum absolute atomic E-state index is 0.0171. The Kier molecular flexibility index (Phi) is 6.25. The van der Waals surface area contributed by atoms with Crippen molar-refractivity contribution in [3.05, 3.63) is 41.6 Å². The first-order valence-electron chi connectivity index (χ1n) is 12.8. The molecular formula is C27H34N6O3. The zero-order valence-electron chi connectivity index (χ0n) is 21.0. The molecule has 3 N–H and O–H groups in total. The number of nitrogens with two attached hydrogens (primary N) is 1. The van der Waals surface area contributed by atoms with Gasteiger partial charge < -0.3 is 15.8 Å². The molecule has 9 nitrogen and oxygen atoms in total. The third-order valence-electron chi connectivity index (χ3n) is 7.93. The van der Waals surface area contributed by atoms with Crippen LogP contribution in [0.4, 0.5) is 5.82 Å². The molecule has 9 heteroatoms. The van der Waals surface area contributed by atoms with Crippen molar-refractivity contribution >= 4 is 17.6 Å². The van der Waals surface area contributed by atoms with Crippen LogP contribution in [-0.2, 0) is 10.3 Å². The molecule has 2 aromatic rings. The lowest BCUT2D eigenvalue weighted by Crippen LogP contribution is -2.66. The number of ether oxygens (including phenoxy) is 1. The number of nitrogens with one attached hydrogen (secondary N) is 1. The van der Waals surface area contributed by atoms with E-state index in [1.165, 1.54) is 5.56 Å². The van der Waals surface area contributed by atoms with Crippen LogP contribution in [0, 0.1) is 24.2 Å². The molecule has 0 radical (unpaired) electrons. The van der Waals surface area contributed by atoms with Crippen molar-refractivity contribution in [2.45, 2.75) is 76.0 Å². The average molecular weight is 491 g/mol.